The molecule has 7 nitrogen and oxygen atoms in total. The number of amides is 1. The van der Waals surface area contributed by atoms with Gasteiger partial charge in [0, 0.05) is 44.0 Å². The molecule has 0 aliphatic carbocycles. The molecule has 1 aromatic carbocycles. The van der Waals surface area contributed by atoms with Crippen LogP contribution in [0.15, 0.2) is 24.3 Å². The zero-order valence-corrected chi connectivity index (χ0v) is 17.2. The minimum Gasteiger partial charge on any atom is -0.341 e. The summed E-state index contributed by atoms with van der Waals surface area (Å²) in [5.41, 5.74) is 3.88. The summed E-state index contributed by atoms with van der Waals surface area (Å²) in [5, 5.41) is 13.1. The molecule has 0 fully saturated rings. The van der Waals surface area contributed by atoms with Gasteiger partial charge in [0.05, 0.1) is 11.6 Å². The number of hydrogen-bond acceptors (Lipinski definition) is 4. The second kappa shape index (κ2) is 7.42. The molecule has 0 bridgehead atoms. The monoisotopic (exact) mass is 396 g/mol. The van der Waals surface area contributed by atoms with E-state index in [-0.39, 0.29) is 17.6 Å². The second-order valence-corrected chi connectivity index (χ2v) is 7.70. The fourth-order valence-corrected chi connectivity index (χ4v) is 4.05. The van der Waals surface area contributed by atoms with E-state index in [0.717, 1.165) is 41.9 Å². The highest BCUT2D eigenvalue weighted by atomic mass is 19.1. The summed E-state index contributed by atoms with van der Waals surface area (Å²) in [7, 11) is 3.73. The molecule has 2 aromatic heterocycles. The summed E-state index contributed by atoms with van der Waals surface area (Å²) < 4.78 is 17.1. The molecule has 0 N–H and O–H groups in total. The second-order valence-electron chi connectivity index (χ2n) is 7.70. The van der Waals surface area contributed by atoms with Crippen LogP contribution in [0.3, 0.4) is 0 Å². The van der Waals surface area contributed by atoms with Crippen LogP contribution in [0.1, 0.15) is 41.5 Å². The summed E-state index contributed by atoms with van der Waals surface area (Å²) in [6, 6.07) is 6.21. The SMILES string of the molecule is Cc1nn(C)c(C)c1CN(C)C(=O)C1CCCn2c(-c3ccc(F)cc3)nnc21. The van der Waals surface area contributed by atoms with Gasteiger partial charge in [0.2, 0.25) is 5.91 Å². The molecule has 3 aromatic rings. The van der Waals surface area contributed by atoms with Gasteiger partial charge >= 0.3 is 0 Å². The van der Waals surface area contributed by atoms with E-state index in [9.17, 15) is 9.18 Å². The van der Waals surface area contributed by atoms with Gasteiger partial charge < -0.3 is 9.47 Å². The number of halogens is 1. The van der Waals surface area contributed by atoms with E-state index in [0.29, 0.717) is 18.2 Å². The Hall–Kier alpha value is -3.03. The summed E-state index contributed by atoms with van der Waals surface area (Å²) in [6.07, 6.45) is 1.62. The van der Waals surface area contributed by atoms with Crippen LogP contribution in [0, 0.1) is 19.7 Å². The lowest BCUT2D eigenvalue weighted by atomic mass is 9.96. The van der Waals surface area contributed by atoms with Crippen LogP contribution in [-0.4, -0.2) is 42.4 Å². The highest BCUT2D eigenvalue weighted by molar-refractivity contribution is 5.83. The number of carbonyl (C=O) groups excluding carboxylic acids is 1. The number of aromatic nitrogens is 5. The molecule has 0 saturated heterocycles. The molecule has 1 amide bonds. The lowest BCUT2D eigenvalue weighted by molar-refractivity contribution is -0.132. The van der Waals surface area contributed by atoms with Gasteiger partial charge in [-0.3, -0.25) is 9.48 Å². The van der Waals surface area contributed by atoms with Gasteiger partial charge in [0.25, 0.3) is 0 Å². The third kappa shape index (κ3) is 3.43. The Balaban J connectivity index is 1.59. The first-order chi connectivity index (χ1) is 13.9. The first-order valence-corrected chi connectivity index (χ1v) is 9.80. The smallest absolute Gasteiger partial charge is 0.233 e. The predicted octanol–water partition coefficient (Wildman–Crippen LogP) is 2.97. The van der Waals surface area contributed by atoms with Gasteiger partial charge in [0.15, 0.2) is 5.82 Å². The third-order valence-corrected chi connectivity index (χ3v) is 5.80. The van der Waals surface area contributed by atoms with Gasteiger partial charge in [0.1, 0.15) is 11.6 Å². The minimum atomic E-state index is -0.326. The Morgan fingerprint density at radius 1 is 1.24 bits per heavy atom. The molecule has 1 atom stereocenters. The van der Waals surface area contributed by atoms with Gasteiger partial charge in [-0.15, -0.1) is 10.2 Å². The van der Waals surface area contributed by atoms with E-state index < -0.39 is 0 Å². The molecular weight excluding hydrogens is 371 g/mol. The molecular formula is C21H25FN6O. The fraction of sp³-hybridized carbons (Fsp3) is 0.429. The summed E-state index contributed by atoms with van der Waals surface area (Å²) >= 11 is 0. The van der Waals surface area contributed by atoms with Crippen LogP contribution in [0.25, 0.3) is 11.4 Å². The molecule has 1 aliphatic heterocycles. The number of rotatable bonds is 4. The van der Waals surface area contributed by atoms with Crippen molar-refractivity contribution in [3.63, 3.8) is 0 Å². The maximum absolute atomic E-state index is 13.3. The third-order valence-electron chi connectivity index (χ3n) is 5.80. The molecule has 3 heterocycles. The van der Waals surface area contributed by atoms with Gasteiger partial charge in [-0.1, -0.05) is 0 Å². The summed E-state index contributed by atoms with van der Waals surface area (Å²) in [6.45, 7) is 5.25. The highest BCUT2D eigenvalue weighted by Gasteiger charge is 2.33. The Morgan fingerprint density at radius 2 is 1.97 bits per heavy atom. The Morgan fingerprint density at radius 3 is 2.62 bits per heavy atom. The summed E-state index contributed by atoms with van der Waals surface area (Å²) in [5.74, 6) is 0.786. The maximum Gasteiger partial charge on any atom is 0.233 e. The number of likely N-dealkylation sites (N-methyl/N-ethyl adjacent to an activating group) is 1. The first-order valence-electron chi connectivity index (χ1n) is 9.80. The van der Waals surface area contributed by atoms with Crippen molar-refractivity contribution in [2.75, 3.05) is 7.05 Å². The van der Waals surface area contributed by atoms with Crippen LogP contribution in [0.4, 0.5) is 4.39 Å². The lowest BCUT2D eigenvalue weighted by Gasteiger charge is -2.27. The Bertz CT molecular complexity index is 1050. The minimum absolute atomic E-state index is 0.0339. The van der Waals surface area contributed by atoms with Gasteiger partial charge in [-0.25, -0.2) is 4.39 Å². The molecule has 1 unspecified atom stereocenters. The molecule has 4 rings (SSSR count). The predicted molar refractivity (Wildman–Crippen MR) is 107 cm³/mol. The lowest BCUT2D eigenvalue weighted by Crippen LogP contribution is -2.34. The number of benzene rings is 1. The van der Waals surface area contributed by atoms with E-state index in [1.807, 2.05) is 37.2 Å². The topological polar surface area (TPSA) is 68.8 Å². The van der Waals surface area contributed by atoms with Crippen molar-refractivity contribution in [2.45, 2.75) is 45.7 Å². The number of aryl methyl sites for hydroxylation is 2. The standard InChI is InChI=1S/C21H25FN6O/c1-13-18(14(2)27(4)25-13)12-26(3)21(29)17-6-5-11-28-19(23-24-20(17)28)15-7-9-16(22)10-8-15/h7-10,17H,5-6,11-12H2,1-4H3. The molecule has 0 saturated carbocycles. The van der Waals surface area contributed by atoms with E-state index in [1.165, 1.54) is 12.1 Å². The Kier molecular flexibility index (Phi) is 4.94. The molecule has 152 valence electrons. The van der Waals surface area contributed by atoms with Gasteiger partial charge in [-0.05, 0) is 51.0 Å². The Labute approximate surface area is 169 Å². The van der Waals surface area contributed by atoms with Crippen LogP contribution < -0.4 is 0 Å². The van der Waals surface area contributed by atoms with Gasteiger partial charge in [-0.2, -0.15) is 5.10 Å². The van der Waals surface area contributed by atoms with Crippen molar-refractivity contribution in [3.05, 3.63) is 52.9 Å². The number of hydrogen-bond donors (Lipinski definition) is 0. The largest absolute Gasteiger partial charge is 0.341 e. The maximum atomic E-state index is 13.3. The van der Waals surface area contributed by atoms with E-state index in [4.69, 9.17) is 0 Å². The molecule has 0 radical (unpaired) electrons. The average Bonchev–Trinajstić information content (AvgIpc) is 3.24. The van der Waals surface area contributed by atoms with E-state index in [2.05, 4.69) is 15.3 Å². The molecule has 1 aliphatic rings. The normalized spacial score (nSPS) is 16.0. The van der Waals surface area contributed by atoms with E-state index >= 15 is 0 Å². The number of fused-ring (bicyclic) bond motifs is 1. The highest BCUT2D eigenvalue weighted by Crippen LogP contribution is 2.32. The van der Waals surface area contributed by atoms with Crippen LogP contribution in [-0.2, 0) is 24.9 Å². The van der Waals surface area contributed by atoms with Crippen LogP contribution >= 0.6 is 0 Å². The fourth-order valence-electron chi connectivity index (χ4n) is 4.05. The average molecular weight is 396 g/mol. The number of nitrogens with zero attached hydrogens (tertiary/aromatic N) is 6. The number of carbonyl (C=O) groups is 1. The van der Waals surface area contributed by atoms with Crippen molar-refractivity contribution >= 4 is 5.91 Å². The van der Waals surface area contributed by atoms with Crippen molar-refractivity contribution in [1.82, 2.24) is 29.4 Å². The summed E-state index contributed by atoms with van der Waals surface area (Å²) in [4.78, 5) is 15.0. The zero-order valence-electron chi connectivity index (χ0n) is 17.2. The van der Waals surface area contributed by atoms with Crippen molar-refractivity contribution in [1.29, 1.82) is 0 Å². The quantitative estimate of drug-likeness (QED) is 0.680. The van der Waals surface area contributed by atoms with Crippen molar-refractivity contribution in [3.8, 4) is 11.4 Å². The van der Waals surface area contributed by atoms with Crippen molar-refractivity contribution in [2.24, 2.45) is 7.05 Å². The molecule has 29 heavy (non-hydrogen) atoms. The molecule has 8 heteroatoms. The van der Waals surface area contributed by atoms with Crippen molar-refractivity contribution < 1.29 is 9.18 Å². The van der Waals surface area contributed by atoms with Crippen LogP contribution in [0.5, 0.6) is 0 Å². The first kappa shape index (κ1) is 19.3. The van der Waals surface area contributed by atoms with E-state index in [1.54, 1.807) is 17.0 Å². The zero-order chi connectivity index (χ0) is 20.7. The molecule has 0 spiro atoms. The van der Waals surface area contributed by atoms with Crippen LogP contribution in [0.2, 0.25) is 0 Å².